The van der Waals surface area contributed by atoms with E-state index >= 15 is 0 Å². The van der Waals surface area contributed by atoms with Crippen LogP contribution in [0, 0.1) is 0 Å². The summed E-state index contributed by atoms with van der Waals surface area (Å²) in [5, 5.41) is -0.465. The van der Waals surface area contributed by atoms with Gasteiger partial charge in [-0.05, 0) is 6.42 Å². The average Bonchev–Trinajstić information content (AvgIpc) is 2.68. The van der Waals surface area contributed by atoms with Gasteiger partial charge in [-0.1, -0.05) is 15.9 Å². The van der Waals surface area contributed by atoms with Crippen molar-refractivity contribution < 1.29 is 22.1 Å². The fraction of sp³-hybridized carbons (Fsp3) is 1.00. The summed E-state index contributed by atoms with van der Waals surface area (Å²) >= 11 is 3.15. The van der Waals surface area contributed by atoms with Gasteiger partial charge < -0.3 is 9.47 Å². The van der Waals surface area contributed by atoms with Crippen LogP contribution in [0.25, 0.3) is 0 Å². The van der Waals surface area contributed by atoms with Crippen molar-refractivity contribution in [3.8, 4) is 0 Å². The smallest absolute Gasteiger partial charge is 0.273 e. The lowest BCUT2D eigenvalue weighted by Crippen LogP contribution is -2.40. The van der Waals surface area contributed by atoms with Crippen LogP contribution in [0.2, 0.25) is 0 Å². The summed E-state index contributed by atoms with van der Waals surface area (Å²) in [5.41, 5.74) is 0.370. The summed E-state index contributed by atoms with van der Waals surface area (Å²) < 4.78 is 38.8. The summed E-state index contributed by atoms with van der Waals surface area (Å²) in [6.07, 6.45) is -0.602. The first-order valence-corrected chi connectivity index (χ1v) is 6.98. The molecule has 5 atom stereocenters. The molecule has 0 radical (unpaired) electrons. The highest BCUT2D eigenvalue weighted by molar-refractivity contribution is 9.09. The summed E-state index contributed by atoms with van der Waals surface area (Å²) in [7, 11) is -3.40. The lowest BCUT2D eigenvalue weighted by Gasteiger charge is -2.20. The Morgan fingerprint density at radius 2 is 2.21 bits per heavy atom. The Morgan fingerprint density at radius 1 is 1.43 bits per heavy atom. The molecule has 3 fully saturated rings. The minimum atomic E-state index is -3.40. The van der Waals surface area contributed by atoms with Gasteiger partial charge in [-0.25, -0.2) is 0 Å². The molecule has 2 bridgehead atoms. The van der Waals surface area contributed by atoms with E-state index in [1.54, 1.807) is 0 Å². The third-order valence-corrected chi connectivity index (χ3v) is 5.01. The standard InChI is InChI=1S/C7H9BrO5S/c8-2-11-5-3-1-4-6(12-3)7(5)13-14(4,9)10/h3-7H,1-2H2. The van der Waals surface area contributed by atoms with E-state index in [4.69, 9.17) is 13.7 Å². The maximum atomic E-state index is 11.5. The van der Waals surface area contributed by atoms with Crippen LogP contribution in [0.1, 0.15) is 6.42 Å². The Balaban J connectivity index is 1.93. The van der Waals surface area contributed by atoms with Crippen LogP contribution in [-0.4, -0.2) is 43.6 Å². The van der Waals surface area contributed by atoms with E-state index in [2.05, 4.69) is 15.9 Å². The number of ether oxygens (including phenoxy) is 2. The SMILES string of the molecule is O=S1(=O)OC2C(OCBr)C3CC1C2O3. The van der Waals surface area contributed by atoms with Gasteiger partial charge in [-0.2, -0.15) is 8.42 Å². The predicted molar refractivity (Wildman–Crippen MR) is 49.5 cm³/mol. The predicted octanol–water partition coefficient (Wildman–Crippen LogP) is -0.00770. The minimum absolute atomic E-state index is 0.121. The zero-order chi connectivity index (χ0) is 9.92. The molecule has 3 aliphatic heterocycles. The molecular weight excluding hydrogens is 276 g/mol. The van der Waals surface area contributed by atoms with Gasteiger partial charge in [0.25, 0.3) is 10.1 Å². The highest BCUT2D eigenvalue weighted by Gasteiger charge is 2.66. The third kappa shape index (κ3) is 1.07. The number of rotatable bonds is 2. The van der Waals surface area contributed by atoms with Crippen LogP contribution < -0.4 is 0 Å². The molecule has 3 heterocycles. The fourth-order valence-corrected chi connectivity index (χ4v) is 4.45. The molecule has 5 unspecified atom stereocenters. The van der Waals surface area contributed by atoms with E-state index in [0.717, 1.165) is 0 Å². The Labute approximate surface area is 90.0 Å². The van der Waals surface area contributed by atoms with Crippen molar-refractivity contribution >= 4 is 26.0 Å². The maximum Gasteiger partial charge on any atom is 0.273 e. The van der Waals surface area contributed by atoms with Crippen LogP contribution in [-0.2, 0) is 23.8 Å². The van der Waals surface area contributed by atoms with E-state index in [1.807, 2.05) is 0 Å². The van der Waals surface area contributed by atoms with Crippen molar-refractivity contribution in [3.05, 3.63) is 0 Å². The molecule has 14 heavy (non-hydrogen) atoms. The normalized spacial score (nSPS) is 52.8. The second kappa shape index (κ2) is 2.91. The highest BCUT2D eigenvalue weighted by Crippen LogP contribution is 2.47. The fourth-order valence-electron chi connectivity index (χ4n) is 2.50. The number of alkyl halides is 1. The monoisotopic (exact) mass is 284 g/mol. The van der Waals surface area contributed by atoms with Gasteiger partial charge in [-0.3, -0.25) is 4.18 Å². The maximum absolute atomic E-state index is 11.5. The zero-order valence-electron chi connectivity index (χ0n) is 7.13. The number of hydrogen-bond acceptors (Lipinski definition) is 5. The summed E-state index contributed by atoms with van der Waals surface area (Å²) in [6, 6.07) is 0. The number of hydrogen-bond donors (Lipinski definition) is 0. The first kappa shape index (κ1) is 9.53. The Kier molecular flexibility index (Phi) is 1.98. The second-order valence-electron chi connectivity index (χ2n) is 3.71. The largest absolute Gasteiger partial charge is 0.368 e. The van der Waals surface area contributed by atoms with Crippen molar-refractivity contribution in [2.75, 3.05) is 5.52 Å². The van der Waals surface area contributed by atoms with Gasteiger partial charge in [0.05, 0.1) is 6.10 Å². The lowest BCUT2D eigenvalue weighted by atomic mass is 9.94. The number of fused-ring (bicyclic) bond motifs is 1. The molecule has 0 amide bonds. The summed E-state index contributed by atoms with van der Waals surface area (Å²) in [6.45, 7) is 0. The van der Waals surface area contributed by atoms with Gasteiger partial charge in [0.15, 0.2) is 0 Å². The van der Waals surface area contributed by atoms with Crippen LogP contribution >= 0.6 is 15.9 Å². The average molecular weight is 285 g/mol. The Morgan fingerprint density at radius 3 is 2.93 bits per heavy atom. The van der Waals surface area contributed by atoms with E-state index in [-0.39, 0.29) is 18.3 Å². The molecule has 7 heteroatoms. The second-order valence-corrected chi connectivity index (χ2v) is 5.95. The molecule has 5 nitrogen and oxygen atoms in total. The van der Waals surface area contributed by atoms with Gasteiger partial charge in [0.1, 0.15) is 29.1 Å². The van der Waals surface area contributed by atoms with E-state index in [1.165, 1.54) is 0 Å². The molecule has 3 aliphatic rings. The molecule has 0 aliphatic carbocycles. The molecule has 0 spiro atoms. The Hall–Kier alpha value is 0.310. The molecule has 0 aromatic carbocycles. The lowest BCUT2D eigenvalue weighted by molar-refractivity contribution is -0.00255. The van der Waals surface area contributed by atoms with Gasteiger partial charge >= 0.3 is 0 Å². The van der Waals surface area contributed by atoms with Gasteiger partial charge in [-0.15, -0.1) is 0 Å². The molecule has 3 saturated heterocycles. The molecule has 0 N–H and O–H groups in total. The van der Waals surface area contributed by atoms with Crippen LogP contribution in [0.3, 0.4) is 0 Å². The topological polar surface area (TPSA) is 61.8 Å². The van der Waals surface area contributed by atoms with E-state index in [0.29, 0.717) is 11.9 Å². The zero-order valence-corrected chi connectivity index (χ0v) is 9.53. The van der Waals surface area contributed by atoms with Crippen LogP contribution in [0.15, 0.2) is 0 Å². The molecule has 0 aromatic rings. The third-order valence-electron chi connectivity index (χ3n) is 3.05. The Bertz CT molecular complexity index is 355. The van der Waals surface area contributed by atoms with E-state index < -0.39 is 21.5 Å². The van der Waals surface area contributed by atoms with Crippen LogP contribution in [0.4, 0.5) is 0 Å². The minimum Gasteiger partial charge on any atom is -0.368 e. The van der Waals surface area contributed by atoms with Crippen molar-refractivity contribution in [3.63, 3.8) is 0 Å². The van der Waals surface area contributed by atoms with Crippen LogP contribution in [0.5, 0.6) is 0 Å². The molecule has 80 valence electrons. The first-order chi connectivity index (χ1) is 6.63. The molecule has 3 rings (SSSR count). The van der Waals surface area contributed by atoms with Crippen molar-refractivity contribution in [1.82, 2.24) is 0 Å². The highest BCUT2D eigenvalue weighted by atomic mass is 79.9. The van der Waals surface area contributed by atoms with Crippen molar-refractivity contribution in [2.24, 2.45) is 0 Å². The van der Waals surface area contributed by atoms with Gasteiger partial charge in [0.2, 0.25) is 0 Å². The first-order valence-electron chi connectivity index (χ1n) is 4.38. The molecule has 0 saturated carbocycles. The molecular formula is C7H9BrO5S. The molecule has 0 aromatic heterocycles. The number of halogens is 1. The quantitative estimate of drug-likeness (QED) is 0.527. The van der Waals surface area contributed by atoms with Crippen molar-refractivity contribution in [2.45, 2.75) is 36.1 Å². The summed E-state index contributed by atoms with van der Waals surface area (Å²) in [4.78, 5) is 0. The summed E-state index contributed by atoms with van der Waals surface area (Å²) in [5.74, 6) is 0. The van der Waals surface area contributed by atoms with Gasteiger partial charge in [0, 0.05) is 0 Å². The van der Waals surface area contributed by atoms with Crippen molar-refractivity contribution in [1.29, 1.82) is 0 Å². The van der Waals surface area contributed by atoms with E-state index in [9.17, 15) is 8.42 Å².